The summed E-state index contributed by atoms with van der Waals surface area (Å²) in [5.41, 5.74) is 2.06. The Morgan fingerprint density at radius 1 is 1.07 bits per heavy atom. The van der Waals surface area contributed by atoms with E-state index in [0.29, 0.717) is 16.9 Å². The second-order valence-corrected chi connectivity index (χ2v) is 7.31. The van der Waals surface area contributed by atoms with Gasteiger partial charge in [-0.05, 0) is 37.6 Å². The normalized spacial score (nSPS) is 17.1. The molecule has 2 aromatic heterocycles. The smallest absolute Gasteiger partial charge is 0.261 e. The topological polar surface area (TPSA) is 85.6 Å². The molecule has 8 heteroatoms. The van der Waals surface area contributed by atoms with E-state index in [1.165, 1.54) is 0 Å². The molecule has 1 atom stereocenters. The first kappa shape index (κ1) is 17.8. The van der Waals surface area contributed by atoms with Crippen molar-refractivity contribution in [2.75, 3.05) is 18.4 Å². The van der Waals surface area contributed by atoms with Crippen molar-refractivity contribution in [2.45, 2.75) is 18.9 Å². The molecule has 0 spiro atoms. The lowest BCUT2D eigenvalue weighted by Gasteiger charge is -2.26. The van der Waals surface area contributed by atoms with Gasteiger partial charge in [0.05, 0.1) is 22.2 Å². The lowest BCUT2D eigenvalue weighted by Crippen LogP contribution is -2.38. The van der Waals surface area contributed by atoms with E-state index in [-0.39, 0.29) is 17.1 Å². The maximum Gasteiger partial charge on any atom is 0.261 e. The Morgan fingerprint density at radius 3 is 2.69 bits per heavy atom. The predicted molar refractivity (Wildman–Crippen MR) is 109 cm³/mol. The Balaban J connectivity index is 1.76. The molecule has 0 aliphatic carbocycles. The molecule has 4 N–H and O–H groups in total. The van der Waals surface area contributed by atoms with Crippen LogP contribution in [0.4, 0.5) is 14.5 Å². The molecule has 3 heterocycles. The molecule has 1 fully saturated rings. The summed E-state index contributed by atoms with van der Waals surface area (Å²) >= 11 is 0. The molecule has 1 aliphatic heterocycles. The Labute approximate surface area is 164 Å². The fourth-order valence-electron chi connectivity index (χ4n) is 3.92. The van der Waals surface area contributed by atoms with E-state index in [2.05, 4.69) is 25.6 Å². The zero-order chi connectivity index (χ0) is 20.0. The zero-order valence-electron chi connectivity index (χ0n) is 15.5. The third-order valence-corrected chi connectivity index (χ3v) is 5.33. The number of aromatic nitrogens is 3. The molecule has 0 amide bonds. The molecule has 29 heavy (non-hydrogen) atoms. The third kappa shape index (κ3) is 3.15. The highest BCUT2D eigenvalue weighted by atomic mass is 19.2. The zero-order valence-corrected chi connectivity index (χ0v) is 15.5. The van der Waals surface area contributed by atoms with Crippen LogP contribution in [0.5, 0.6) is 0 Å². The Bertz CT molecular complexity index is 1240. The van der Waals surface area contributed by atoms with Gasteiger partial charge >= 0.3 is 0 Å². The molecule has 1 unspecified atom stereocenters. The lowest BCUT2D eigenvalue weighted by atomic mass is 10.0. The molecule has 1 saturated heterocycles. The summed E-state index contributed by atoms with van der Waals surface area (Å²) in [4.78, 5) is 23.4. The SMILES string of the molecule is O=c1[nH]c2cc(F)c(F)cc2c(NC2CCCNC2)c1-c1nc2ccccc2[nH]1. The molecule has 148 valence electrons. The number of aromatic amines is 2. The third-order valence-electron chi connectivity index (χ3n) is 5.33. The monoisotopic (exact) mass is 395 g/mol. The van der Waals surface area contributed by atoms with Crippen molar-refractivity contribution in [3.05, 3.63) is 58.4 Å². The molecule has 1 aliphatic rings. The number of H-pyrrole nitrogens is 2. The number of para-hydroxylation sites is 2. The summed E-state index contributed by atoms with van der Waals surface area (Å²) in [7, 11) is 0. The molecule has 6 nitrogen and oxygen atoms in total. The van der Waals surface area contributed by atoms with Crippen molar-refractivity contribution < 1.29 is 8.78 Å². The molecule has 4 aromatic rings. The van der Waals surface area contributed by atoms with E-state index in [1.54, 1.807) is 0 Å². The highest BCUT2D eigenvalue weighted by Crippen LogP contribution is 2.33. The maximum atomic E-state index is 14.1. The van der Waals surface area contributed by atoms with Crippen LogP contribution in [0.15, 0.2) is 41.2 Å². The number of fused-ring (bicyclic) bond motifs is 2. The summed E-state index contributed by atoms with van der Waals surface area (Å²) in [6, 6.07) is 9.64. The van der Waals surface area contributed by atoms with Gasteiger partial charge in [-0.15, -0.1) is 0 Å². The van der Waals surface area contributed by atoms with E-state index in [1.807, 2.05) is 24.3 Å². The molecule has 2 aromatic carbocycles. The van der Waals surface area contributed by atoms with Gasteiger partial charge in [-0.3, -0.25) is 4.79 Å². The van der Waals surface area contributed by atoms with Gasteiger partial charge in [-0.1, -0.05) is 12.1 Å². The van der Waals surface area contributed by atoms with Crippen LogP contribution in [0.2, 0.25) is 0 Å². The molecular weight excluding hydrogens is 376 g/mol. The van der Waals surface area contributed by atoms with Crippen LogP contribution in [0, 0.1) is 11.6 Å². The highest BCUT2D eigenvalue weighted by Gasteiger charge is 2.22. The number of piperidine rings is 1. The first-order valence-electron chi connectivity index (χ1n) is 9.57. The van der Waals surface area contributed by atoms with Crippen molar-refractivity contribution in [3.63, 3.8) is 0 Å². The molecule has 5 rings (SSSR count). The number of nitrogens with one attached hydrogen (secondary N) is 4. The number of halogens is 2. The van der Waals surface area contributed by atoms with Crippen molar-refractivity contribution in [1.29, 1.82) is 0 Å². The Kier molecular flexibility index (Phi) is 4.28. The van der Waals surface area contributed by atoms with Gasteiger partial charge in [0.15, 0.2) is 11.6 Å². The first-order valence-corrected chi connectivity index (χ1v) is 9.57. The second-order valence-electron chi connectivity index (χ2n) is 7.31. The minimum absolute atomic E-state index is 0.0602. The van der Waals surface area contributed by atoms with Crippen LogP contribution in [-0.2, 0) is 0 Å². The van der Waals surface area contributed by atoms with Crippen LogP contribution in [-0.4, -0.2) is 34.1 Å². The number of hydrogen-bond acceptors (Lipinski definition) is 4. The molecular formula is C21H19F2N5O. The number of nitrogens with zero attached hydrogens (tertiary/aromatic N) is 1. The van der Waals surface area contributed by atoms with Gasteiger partial charge in [0.1, 0.15) is 11.4 Å². The van der Waals surface area contributed by atoms with Crippen LogP contribution in [0.1, 0.15) is 12.8 Å². The fourth-order valence-corrected chi connectivity index (χ4v) is 3.92. The summed E-state index contributed by atoms with van der Waals surface area (Å²) in [5, 5.41) is 7.11. The number of hydrogen-bond donors (Lipinski definition) is 4. The summed E-state index contributed by atoms with van der Waals surface area (Å²) in [5.74, 6) is -1.59. The highest BCUT2D eigenvalue weighted by molar-refractivity contribution is 5.99. The Hall–Kier alpha value is -3.26. The average Bonchev–Trinajstić information content (AvgIpc) is 3.14. The summed E-state index contributed by atoms with van der Waals surface area (Å²) in [6.45, 7) is 1.65. The predicted octanol–water partition coefficient (Wildman–Crippen LogP) is 3.51. The van der Waals surface area contributed by atoms with Crippen molar-refractivity contribution in [1.82, 2.24) is 20.3 Å². The van der Waals surface area contributed by atoms with E-state index >= 15 is 0 Å². The lowest BCUT2D eigenvalue weighted by molar-refractivity contribution is 0.480. The number of pyridine rings is 1. The summed E-state index contributed by atoms with van der Waals surface area (Å²) in [6.07, 6.45) is 1.90. The standard InChI is InChI=1S/C21H19F2N5O/c22-13-8-12-17(9-14(13)23)28-21(29)18(19(12)25-11-4-3-7-24-10-11)20-26-15-5-1-2-6-16(15)27-20/h1-2,5-6,8-9,11,24H,3-4,7,10H2,(H,26,27)(H2,25,28,29). The van der Waals surface area contributed by atoms with Crippen molar-refractivity contribution in [2.24, 2.45) is 0 Å². The van der Waals surface area contributed by atoms with E-state index in [9.17, 15) is 13.6 Å². The molecule has 0 bridgehead atoms. The van der Waals surface area contributed by atoms with Gasteiger partial charge in [-0.25, -0.2) is 13.8 Å². The quantitative estimate of drug-likeness (QED) is 0.428. The van der Waals surface area contributed by atoms with Gasteiger partial charge in [0, 0.05) is 24.0 Å². The van der Waals surface area contributed by atoms with Crippen LogP contribution in [0.3, 0.4) is 0 Å². The first-order chi connectivity index (χ1) is 14.1. The Morgan fingerprint density at radius 2 is 1.90 bits per heavy atom. The molecule has 0 saturated carbocycles. The average molecular weight is 395 g/mol. The van der Waals surface area contributed by atoms with Crippen LogP contribution >= 0.6 is 0 Å². The van der Waals surface area contributed by atoms with Gasteiger partial charge < -0.3 is 20.6 Å². The van der Waals surface area contributed by atoms with Crippen LogP contribution < -0.4 is 16.2 Å². The number of benzene rings is 2. The largest absolute Gasteiger partial charge is 0.380 e. The fraction of sp³-hybridized carbons (Fsp3) is 0.238. The number of rotatable bonds is 3. The second kappa shape index (κ2) is 6.97. The molecule has 0 radical (unpaired) electrons. The van der Waals surface area contributed by atoms with Gasteiger partial charge in [-0.2, -0.15) is 0 Å². The minimum atomic E-state index is -1.00. The maximum absolute atomic E-state index is 14.1. The minimum Gasteiger partial charge on any atom is -0.380 e. The summed E-state index contributed by atoms with van der Waals surface area (Å²) < 4.78 is 27.9. The number of imidazole rings is 1. The van der Waals surface area contributed by atoms with Gasteiger partial charge in [0.25, 0.3) is 5.56 Å². The van der Waals surface area contributed by atoms with Gasteiger partial charge in [0.2, 0.25) is 0 Å². The van der Waals surface area contributed by atoms with E-state index in [4.69, 9.17) is 0 Å². The number of anilines is 1. The van der Waals surface area contributed by atoms with E-state index < -0.39 is 17.2 Å². The van der Waals surface area contributed by atoms with E-state index in [0.717, 1.165) is 49.1 Å². The van der Waals surface area contributed by atoms with Crippen LogP contribution in [0.25, 0.3) is 33.3 Å². The van der Waals surface area contributed by atoms with Crippen molar-refractivity contribution in [3.8, 4) is 11.4 Å². The van der Waals surface area contributed by atoms with Crippen molar-refractivity contribution >= 4 is 27.6 Å².